The van der Waals surface area contributed by atoms with Crippen LogP contribution < -0.4 is 9.47 Å². The van der Waals surface area contributed by atoms with E-state index in [1.165, 1.54) is 26.4 Å². The second-order valence-corrected chi connectivity index (χ2v) is 4.20. The number of methoxy groups -OCH3 is 2. The first kappa shape index (κ1) is 14.6. The Balaban J connectivity index is 2.35. The summed E-state index contributed by atoms with van der Waals surface area (Å²) in [5, 5.41) is 9.84. The number of aliphatic hydroxyl groups is 1. The maximum atomic E-state index is 11.4. The molecular weight excluding hydrogens is 276 g/mol. The summed E-state index contributed by atoms with van der Waals surface area (Å²) in [6.45, 7) is -0.339. The lowest BCUT2D eigenvalue weighted by Gasteiger charge is -2.07. The zero-order chi connectivity index (χ0) is 15.4. The largest absolute Gasteiger partial charge is 0.507 e. The summed E-state index contributed by atoms with van der Waals surface area (Å²) in [5.41, 5.74) is 0.288. The molecule has 6 nitrogen and oxygen atoms in total. The minimum absolute atomic E-state index is 0.339. The van der Waals surface area contributed by atoms with Crippen molar-refractivity contribution in [2.45, 2.75) is 0 Å². The third kappa shape index (κ3) is 3.05. The van der Waals surface area contributed by atoms with E-state index in [9.17, 15) is 14.7 Å². The van der Waals surface area contributed by atoms with Gasteiger partial charge in [0.05, 0.1) is 14.2 Å². The van der Waals surface area contributed by atoms with Crippen molar-refractivity contribution < 1.29 is 28.9 Å². The van der Waals surface area contributed by atoms with E-state index in [1.807, 2.05) is 0 Å². The van der Waals surface area contributed by atoms with Crippen LogP contribution in [0.2, 0.25) is 0 Å². The van der Waals surface area contributed by atoms with Crippen LogP contribution >= 0.6 is 0 Å². The molecule has 21 heavy (non-hydrogen) atoms. The second-order valence-electron chi connectivity index (χ2n) is 4.20. The Bertz CT molecular complexity index is 624. The molecule has 1 fully saturated rings. The van der Waals surface area contributed by atoms with Crippen LogP contribution in [-0.4, -0.2) is 37.7 Å². The topological polar surface area (TPSA) is 82.1 Å². The number of aliphatic hydroxyl groups excluding tert-OH is 1. The summed E-state index contributed by atoms with van der Waals surface area (Å²) in [6, 6.07) is 5.13. The molecule has 0 aromatic heterocycles. The highest BCUT2D eigenvalue weighted by Gasteiger charge is 2.31. The lowest BCUT2D eigenvalue weighted by molar-refractivity contribution is -0.135. The Morgan fingerprint density at radius 3 is 2.62 bits per heavy atom. The lowest BCUT2D eigenvalue weighted by atomic mass is 10.1. The van der Waals surface area contributed by atoms with Gasteiger partial charge in [-0.25, -0.2) is 4.79 Å². The van der Waals surface area contributed by atoms with E-state index in [-0.39, 0.29) is 12.2 Å². The number of hydrogen-bond acceptors (Lipinski definition) is 6. The van der Waals surface area contributed by atoms with Gasteiger partial charge in [-0.05, 0) is 30.4 Å². The standard InChI is InChI=1S/C15H14O6/c1-19-10-4-6-13(20-2)9(7-10)3-5-11(16)14-12(17)8-21-15(14)18/h3-7,16H,8H2,1-2H3. The summed E-state index contributed by atoms with van der Waals surface area (Å²) in [4.78, 5) is 22.7. The van der Waals surface area contributed by atoms with E-state index in [4.69, 9.17) is 9.47 Å². The molecule has 1 saturated heterocycles. The Hall–Kier alpha value is -2.76. The second kappa shape index (κ2) is 6.13. The van der Waals surface area contributed by atoms with Crippen LogP contribution in [-0.2, 0) is 14.3 Å². The number of benzene rings is 1. The van der Waals surface area contributed by atoms with Gasteiger partial charge in [-0.2, -0.15) is 0 Å². The van der Waals surface area contributed by atoms with Gasteiger partial charge < -0.3 is 19.3 Å². The van der Waals surface area contributed by atoms with Gasteiger partial charge in [0.1, 0.15) is 22.8 Å². The fraction of sp³-hybridized carbons (Fsp3) is 0.200. The van der Waals surface area contributed by atoms with Crippen LogP contribution in [0.1, 0.15) is 5.56 Å². The highest BCUT2D eigenvalue weighted by atomic mass is 16.5. The first-order valence-corrected chi connectivity index (χ1v) is 6.10. The molecule has 1 aromatic rings. The van der Waals surface area contributed by atoms with Gasteiger partial charge in [0, 0.05) is 5.56 Å². The summed E-state index contributed by atoms with van der Waals surface area (Å²) in [6.07, 6.45) is 2.76. The third-order valence-electron chi connectivity index (χ3n) is 2.93. The van der Waals surface area contributed by atoms with Gasteiger partial charge in [-0.3, -0.25) is 4.79 Å². The number of carbonyl (C=O) groups is 2. The Morgan fingerprint density at radius 1 is 1.29 bits per heavy atom. The first-order valence-electron chi connectivity index (χ1n) is 6.10. The normalized spacial score (nSPS) is 17.0. The van der Waals surface area contributed by atoms with E-state index in [1.54, 1.807) is 18.2 Å². The lowest BCUT2D eigenvalue weighted by Crippen LogP contribution is -2.04. The molecule has 1 aliphatic rings. The smallest absolute Gasteiger partial charge is 0.346 e. The number of Topliss-reactive ketones (excluding diaryl/α,β-unsaturated/α-hetero) is 1. The average molecular weight is 290 g/mol. The van der Waals surface area contributed by atoms with Crippen LogP contribution in [0.4, 0.5) is 0 Å². The van der Waals surface area contributed by atoms with Crippen molar-refractivity contribution in [3.05, 3.63) is 41.2 Å². The minimum atomic E-state index is -0.820. The number of rotatable bonds is 4. The van der Waals surface area contributed by atoms with E-state index >= 15 is 0 Å². The van der Waals surface area contributed by atoms with Crippen molar-refractivity contribution in [1.29, 1.82) is 0 Å². The SMILES string of the molecule is COc1ccc(OC)c(C=CC(O)=C2C(=O)COC2=O)c1. The summed E-state index contributed by atoms with van der Waals surface area (Å²) in [5.74, 6) is -0.629. The molecule has 0 aliphatic carbocycles. The maximum Gasteiger partial charge on any atom is 0.346 e. The molecule has 0 amide bonds. The number of cyclic esters (lactones) is 1. The summed E-state index contributed by atoms with van der Waals surface area (Å²) < 4.78 is 14.8. The van der Waals surface area contributed by atoms with Crippen molar-refractivity contribution in [2.75, 3.05) is 20.8 Å². The summed E-state index contributed by atoms with van der Waals surface area (Å²) in [7, 11) is 3.04. The predicted octanol–water partition coefficient (Wildman–Crippen LogP) is 1.66. The Kier molecular flexibility index (Phi) is 4.27. The molecule has 0 atom stereocenters. The van der Waals surface area contributed by atoms with Crippen LogP contribution in [0, 0.1) is 0 Å². The number of carbonyl (C=O) groups excluding carboxylic acids is 2. The maximum absolute atomic E-state index is 11.4. The Labute approximate surface area is 121 Å². The molecule has 2 rings (SSSR count). The zero-order valence-electron chi connectivity index (χ0n) is 11.6. The van der Waals surface area contributed by atoms with E-state index < -0.39 is 17.5 Å². The number of hydrogen-bond donors (Lipinski definition) is 1. The van der Waals surface area contributed by atoms with E-state index in [0.29, 0.717) is 17.1 Å². The monoisotopic (exact) mass is 290 g/mol. The fourth-order valence-electron chi connectivity index (χ4n) is 1.86. The predicted molar refractivity (Wildman–Crippen MR) is 74.2 cm³/mol. The van der Waals surface area contributed by atoms with Crippen LogP contribution in [0.25, 0.3) is 6.08 Å². The first-order chi connectivity index (χ1) is 10.1. The van der Waals surface area contributed by atoms with Crippen LogP contribution in [0.15, 0.2) is 35.6 Å². The van der Waals surface area contributed by atoms with Crippen molar-refractivity contribution in [3.8, 4) is 11.5 Å². The molecule has 1 aliphatic heterocycles. The zero-order valence-corrected chi connectivity index (χ0v) is 11.6. The molecule has 0 radical (unpaired) electrons. The fourth-order valence-corrected chi connectivity index (χ4v) is 1.86. The molecule has 1 N–H and O–H groups in total. The number of ether oxygens (including phenoxy) is 3. The highest BCUT2D eigenvalue weighted by molar-refractivity contribution is 6.22. The van der Waals surface area contributed by atoms with Gasteiger partial charge in [0.2, 0.25) is 5.78 Å². The van der Waals surface area contributed by atoms with Gasteiger partial charge >= 0.3 is 5.97 Å². The summed E-state index contributed by atoms with van der Waals surface area (Å²) >= 11 is 0. The molecule has 110 valence electrons. The molecular formula is C15H14O6. The van der Waals surface area contributed by atoms with Crippen molar-refractivity contribution in [2.24, 2.45) is 0 Å². The highest BCUT2D eigenvalue weighted by Crippen LogP contribution is 2.26. The van der Waals surface area contributed by atoms with Gasteiger partial charge in [0.25, 0.3) is 0 Å². The van der Waals surface area contributed by atoms with Gasteiger partial charge in [-0.15, -0.1) is 0 Å². The van der Waals surface area contributed by atoms with Crippen LogP contribution in [0.5, 0.6) is 11.5 Å². The van der Waals surface area contributed by atoms with Gasteiger partial charge in [-0.1, -0.05) is 0 Å². The molecule has 0 unspecified atom stereocenters. The molecule has 0 bridgehead atoms. The van der Waals surface area contributed by atoms with Gasteiger partial charge in [0.15, 0.2) is 6.61 Å². The Morgan fingerprint density at radius 2 is 2.05 bits per heavy atom. The van der Waals surface area contributed by atoms with Crippen molar-refractivity contribution in [1.82, 2.24) is 0 Å². The molecule has 6 heteroatoms. The average Bonchev–Trinajstić information content (AvgIpc) is 2.83. The van der Waals surface area contributed by atoms with E-state index in [2.05, 4.69) is 4.74 Å². The number of ketones is 1. The minimum Gasteiger partial charge on any atom is -0.507 e. The molecule has 1 heterocycles. The molecule has 1 aromatic carbocycles. The number of esters is 1. The quantitative estimate of drug-likeness (QED) is 0.393. The molecule has 0 saturated carbocycles. The van der Waals surface area contributed by atoms with Crippen LogP contribution in [0.3, 0.4) is 0 Å². The number of allylic oxidation sites excluding steroid dienone is 1. The third-order valence-corrected chi connectivity index (χ3v) is 2.93. The van der Waals surface area contributed by atoms with Crippen molar-refractivity contribution >= 4 is 17.8 Å². The molecule has 0 spiro atoms. The van der Waals surface area contributed by atoms with Crippen molar-refractivity contribution in [3.63, 3.8) is 0 Å². The van der Waals surface area contributed by atoms with E-state index in [0.717, 1.165) is 0 Å².